The highest BCUT2D eigenvalue weighted by Crippen LogP contribution is 2.33. The molecule has 3 rings (SSSR count). The van der Waals surface area contributed by atoms with Crippen LogP contribution in [0.25, 0.3) is 0 Å². The second-order valence-corrected chi connectivity index (χ2v) is 10.7. The summed E-state index contributed by atoms with van der Waals surface area (Å²) in [5.74, 6) is -0.418. The van der Waals surface area contributed by atoms with Crippen LogP contribution in [0.15, 0.2) is 54.6 Å². The van der Waals surface area contributed by atoms with Crippen molar-refractivity contribution in [1.29, 1.82) is 0 Å². The predicted molar refractivity (Wildman–Crippen MR) is 150 cm³/mol. The Balaban J connectivity index is 1.68. The molecule has 1 aliphatic rings. The van der Waals surface area contributed by atoms with E-state index < -0.39 is 24.2 Å². The molecular weight excluding hydrogens is 507 g/mol. The van der Waals surface area contributed by atoms with Crippen LogP contribution in [0.2, 0.25) is 0 Å². The molecule has 1 aliphatic heterocycles. The summed E-state index contributed by atoms with van der Waals surface area (Å²) in [5, 5.41) is 9.00. The fourth-order valence-electron chi connectivity index (χ4n) is 4.71. The number of anilines is 2. The fraction of sp³-hybridized carbons (Fsp3) is 0.552. The molecule has 1 heterocycles. The van der Waals surface area contributed by atoms with Crippen LogP contribution in [0.5, 0.6) is 0 Å². The number of morpholine rings is 1. The Kier molecular flexibility index (Phi) is 11.4. The molecule has 0 aliphatic carbocycles. The summed E-state index contributed by atoms with van der Waals surface area (Å²) in [6, 6.07) is 12.5. The van der Waals surface area contributed by atoms with E-state index in [0.29, 0.717) is 26.3 Å². The number of benzene rings is 2. The van der Waals surface area contributed by atoms with E-state index in [9.17, 15) is 18.0 Å². The molecule has 39 heavy (non-hydrogen) atoms. The second-order valence-electron chi connectivity index (χ2n) is 10.7. The first-order valence-corrected chi connectivity index (χ1v) is 13.5. The van der Waals surface area contributed by atoms with E-state index in [1.807, 2.05) is 45.0 Å². The van der Waals surface area contributed by atoms with Gasteiger partial charge in [0.15, 0.2) is 0 Å². The van der Waals surface area contributed by atoms with Crippen molar-refractivity contribution in [3.63, 3.8) is 0 Å². The van der Waals surface area contributed by atoms with Gasteiger partial charge in [-0.25, -0.2) is 0 Å². The molecule has 0 saturated carbocycles. The molecule has 3 atom stereocenters. The number of carbonyl (C=O) groups is 1. The van der Waals surface area contributed by atoms with Crippen molar-refractivity contribution >= 4 is 17.3 Å². The number of nitrogens with zero attached hydrogens (tertiary/aromatic N) is 2. The lowest BCUT2D eigenvalue weighted by atomic mass is 9.99. The lowest BCUT2D eigenvalue weighted by Gasteiger charge is -2.30. The standard InChI is InChI=1S/C29H42F3N5O2/c1-21(2)18-26(35-27(29(30,31)32)22-8-6-5-7-9-22)28(38)34-24(20-36(3)4)19-33-23-10-12-25(13-11-23)37-14-16-39-17-15-37/h5-13,21,24,26-27,33,35H,14-20H2,1-4H3,(H,34,38)/t24-,26+,27+/m1/s1. The molecule has 0 radical (unpaired) electrons. The lowest BCUT2D eigenvalue weighted by molar-refractivity contribution is -0.161. The summed E-state index contributed by atoms with van der Waals surface area (Å²) in [7, 11) is 3.80. The minimum absolute atomic E-state index is 0.0216. The number of carbonyl (C=O) groups excluding carboxylic acids is 1. The van der Waals surface area contributed by atoms with Crippen LogP contribution in [0.3, 0.4) is 0 Å². The van der Waals surface area contributed by atoms with E-state index in [-0.39, 0.29) is 23.9 Å². The molecule has 7 nitrogen and oxygen atoms in total. The minimum Gasteiger partial charge on any atom is -0.383 e. The van der Waals surface area contributed by atoms with E-state index in [1.54, 1.807) is 18.2 Å². The summed E-state index contributed by atoms with van der Waals surface area (Å²) < 4.78 is 47.5. The molecule has 0 bridgehead atoms. The van der Waals surface area contributed by atoms with Crippen LogP contribution in [0.4, 0.5) is 24.5 Å². The number of nitrogens with one attached hydrogen (secondary N) is 3. The number of alkyl halides is 3. The van der Waals surface area contributed by atoms with Gasteiger partial charge in [-0.2, -0.15) is 13.2 Å². The highest BCUT2D eigenvalue weighted by Gasteiger charge is 2.43. The third kappa shape index (κ3) is 10.0. The van der Waals surface area contributed by atoms with Crippen LogP contribution in [0, 0.1) is 5.92 Å². The zero-order chi connectivity index (χ0) is 28.4. The van der Waals surface area contributed by atoms with Crippen molar-refractivity contribution in [2.24, 2.45) is 5.92 Å². The maximum absolute atomic E-state index is 14.0. The van der Waals surface area contributed by atoms with Crippen LogP contribution in [-0.2, 0) is 9.53 Å². The Hall–Kier alpha value is -2.82. The van der Waals surface area contributed by atoms with Gasteiger partial charge in [0.25, 0.3) is 0 Å². The van der Waals surface area contributed by atoms with Crippen LogP contribution >= 0.6 is 0 Å². The normalized spacial score (nSPS) is 16.7. The first kappa shape index (κ1) is 30.7. The first-order chi connectivity index (χ1) is 18.5. The topological polar surface area (TPSA) is 68.9 Å². The third-order valence-electron chi connectivity index (χ3n) is 6.58. The van der Waals surface area contributed by atoms with E-state index in [2.05, 4.69) is 33.0 Å². The van der Waals surface area contributed by atoms with Crippen molar-refractivity contribution in [2.45, 2.75) is 44.6 Å². The maximum atomic E-state index is 14.0. The molecule has 10 heteroatoms. The Morgan fingerprint density at radius 3 is 2.23 bits per heavy atom. The smallest absolute Gasteiger partial charge is 0.383 e. The first-order valence-electron chi connectivity index (χ1n) is 13.5. The minimum atomic E-state index is -4.55. The van der Waals surface area contributed by atoms with Gasteiger partial charge in [0.1, 0.15) is 6.04 Å². The van der Waals surface area contributed by atoms with Crippen molar-refractivity contribution < 1.29 is 22.7 Å². The quantitative estimate of drug-likeness (QED) is 0.347. The lowest BCUT2D eigenvalue weighted by Crippen LogP contribution is -2.54. The summed E-state index contributed by atoms with van der Waals surface area (Å²) >= 11 is 0. The monoisotopic (exact) mass is 549 g/mol. The maximum Gasteiger partial charge on any atom is 0.407 e. The van der Waals surface area contributed by atoms with E-state index >= 15 is 0 Å². The van der Waals surface area contributed by atoms with Crippen LogP contribution in [0.1, 0.15) is 31.9 Å². The van der Waals surface area contributed by atoms with Crippen molar-refractivity contribution in [3.8, 4) is 0 Å². The van der Waals surface area contributed by atoms with Gasteiger partial charge in [0.2, 0.25) is 5.91 Å². The zero-order valence-corrected chi connectivity index (χ0v) is 23.3. The highest BCUT2D eigenvalue weighted by atomic mass is 19.4. The molecule has 0 unspecified atom stereocenters. The summed E-state index contributed by atoms with van der Waals surface area (Å²) in [6.45, 7) is 7.89. The molecule has 1 fully saturated rings. The average molecular weight is 550 g/mol. The average Bonchev–Trinajstić information content (AvgIpc) is 2.89. The van der Waals surface area contributed by atoms with Gasteiger partial charge in [-0.05, 0) is 56.3 Å². The van der Waals surface area contributed by atoms with Gasteiger partial charge in [-0.3, -0.25) is 10.1 Å². The molecule has 0 aromatic heterocycles. The highest BCUT2D eigenvalue weighted by molar-refractivity contribution is 5.82. The van der Waals surface area contributed by atoms with Crippen molar-refractivity contribution in [1.82, 2.24) is 15.5 Å². The number of likely N-dealkylation sites (N-methyl/N-ethyl adjacent to an activating group) is 1. The Labute approximate surface area is 230 Å². The molecule has 1 saturated heterocycles. The number of rotatable bonds is 13. The fourth-order valence-corrected chi connectivity index (χ4v) is 4.71. The summed E-state index contributed by atoms with van der Waals surface area (Å²) in [4.78, 5) is 17.6. The van der Waals surface area contributed by atoms with E-state index in [0.717, 1.165) is 24.5 Å². The number of ether oxygens (including phenoxy) is 1. The molecule has 3 N–H and O–H groups in total. The number of halogens is 3. The van der Waals surface area contributed by atoms with Gasteiger partial charge in [-0.1, -0.05) is 44.2 Å². The number of hydrogen-bond donors (Lipinski definition) is 3. The SMILES string of the molecule is CC(C)C[C@H](N[C@@H](c1ccccc1)C(F)(F)F)C(=O)N[C@H](CNc1ccc(N2CCOCC2)cc1)CN(C)C. The largest absolute Gasteiger partial charge is 0.407 e. The summed E-state index contributed by atoms with van der Waals surface area (Å²) in [5.41, 5.74) is 2.11. The third-order valence-corrected chi connectivity index (χ3v) is 6.58. The van der Waals surface area contributed by atoms with Crippen molar-refractivity contribution in [3.05, 3.63) is 60.2 Å². The molecule has 216 valence electrons. The second kappa shape index (κ2) is 14.5. The van der Waals surface area contributed by atoms with Crippen LogP contribution < -0.4 is 20.9 Å². The summed E-state index contributed by atoms with van der Waals surface area (Å²) in [6.07, 6.45) is -4.27. The molecule has 1 amide bonds. The Bertz CT molecular complexity index is 996. The molecule has 2 aromatic carbocycles. The van der Waals surface area contributed by atoms with E-state index in [1.165, 1.54) is 12.1 Å². The van der Waals surface area contributed by atoms with Gasteiger partial charge >= 0.3 is 6.18 Å². The van der Waals surface area contributed by atoms with Gasteiger partial charge in [0.05, 0.1) is 25.3 Å². The number of hydrogen-bond acceptors (Lipinski definition) is 6. The van der Waals surface area contributed by atoms with E-state index in [4.69, 9.17) is 4.74 Å². The Morgan fingerprint density at radius 1 is 1.03 bits per heavy atom. The van der Waals surface area contributed by atoms with Gasteiger partial charge in [-0.15, -0.1) is 0 Å². The van der Waals surface area contributed by atoms with Crippen LogP contribution in [-0.4, -0.2) is 82.6 Å². The van der Waals surface area contributed by atoms with Gasteiger partial charge < -0.3 is 25.2 Å². The molecule has 0 spiro atoms. The molecule has 2 aromatic rings. The number of amides is 1. The molecular formula is C29H42F3N5O2. The van der Waals surface area contributed by atoms with Gasteiger partial charge in [0, 0.05) is 37.6 Å². The Morgan fingerprint density at radius 2 is 1.67 bits per heavy atom. The zero-order valence-electron chi connectivity index (χ0n) is 23.3. The van der Waals surface area contributed by atoms with Crippen molar-refractivity contribution in [2.75, 3.05) is 63.7 Å². The predicted octanol–water partition coefficient (Wildman–Crippen LogP) is 4.29.